The largest absolute Gasteiger partial charge is 0.272 e. The third-order valence-electron chi connectivity index (χ3n) is 3.10. The minimum atomic E-state index is -0.0853. The Kier molecular flexibility index (Phi) is 3.93. The van der Waals surface area contributed by atoms with Crippen LogP contribution in [0.2, 0.25) is 0 Å². The second-order valence-electron chi connectivity index (χ2n) is 4.95. The van der Waals surface area contributed by atoms with Crippen LogP contribution in [0, 0.1) is 6.92 Å². The highest BCUT2D eigenvalue weighted by atomic mass is 32.2. The Bertz CT molecular complexity index is 510. The van der Waals surface area contributed by atoms with Crippen LogP contribution in [0.4, 0.5) is 0 Å². The fourth-order valence-corrected chi connectivity index (χ4v) is 4.32. The topological polar surface area (TPSA) is 12.4 Å². The predicted octanol–water partition coefficient (Wildman–Crippen LogP) is 4.51. The van der Waals surface area contributed by atoms with Crippen molar-refractivity contribution >= 4 is 29.2 Å². The first kappa shape index (κ1) is 13.8. The Hall–Kier alpha value is -0.670. The molecule has 0 spiro atoms. The number of allylic oxidation sites excluding steroid dienone is 1. The number of hydrogen-bond acceptors (Lipinski definition) is 3. The lowest BCUT2D eigenvalue weighted by atomic mass is 10.1. The third-order valence-corrected chi connectivity index (χ3v) is 5.15. The van der Waals surface area contributed by atoms with Crippen LogP contribution in [0.1, 0.15) is 25.0 Å². The Morgan fingerprint density at radius 1 is 1.00 bits per heavy atom. The number of nitrogens with zero attached hydrogens (tertiary/aromatic N) is 1. The maximum atomic E-state index is 4.93. The molecule has 18 heavy (non-hydrogen) atoms. The van der Waals surface area contributed by atoms with Gasteiger partial charge in [-0.05, 0) is 33.3 Å². The van der Waals surface area contributed by atoms with Crippen LogP contribution in [0.15, 0.2) is 39.1 Å². The molecule has 0 saturated carbocycles. The summed E-state index contributed by atoms with van der Waals surface area (Å²) in [5.74, 6) is 0. The van der Waals surface area contributed by atoms with E-state index in [1.54, 1.807) is 11.8 Å². The fourth-order valence-electron chi connectivity index (χ4n) is 2.21. The summed E-state index contributed by atoms with van der Waals surface area (Å²) < 4.78 is 0. The number of thioether (sulfide) groups is 2. The van der Waals surface area contributed by atoms with Crippen LogP contribution in [-0.2, 0) is 0 Å². The lowest BCUT2D eigenvalue weighted by Crippen LogP contribution is -2.14. The van der Waals surface area contributed by atoms with E-state index < -0.39 is 0 Å². The summed E-state index contributed by atoms with van der Waals surface area (Å²) >= 11 is 3.62. The predicted molar refractivity (Wildman–Crippen MR) is 85.9 cm³/mol. The Morgan fingerprint density at radius 2 is 1.61 bits per heavy atom. The molecule has 1 aliphatic rings. The fraction of sp³-hybridized carbons (Fsp3) is 0.400. The monoisotopic (exact) mass is 277 g/mol. The van der Waals surface area contributed by atoms with Crippen LogP contribution in [-0.4, -0.2) is 23.8 Å². The van der Waals surface area contributed by atoms with Crippen LogP contribution in [0.3, 0.4) is 0 Å². The summed E-state index contributed by atoms with van der Waals surface area (Å²) in [5.41, 5.74) is 3.58. The van der Waals surface area contributed by atoms with Gasteiger partial charge in [-0.25, -0.2) is 0 Å². The van der Waals surface area contributed by atoms with E-state index >= 15 is 0 Å². The van der Waals surface area contributed by atoms with Gasteiger partial charge in [-0.2, -0.15) is 0 Å². The molecule has 2 rings (SSSR count). The van der Waals surface area contributed by atoms with E-state index in [1.165, 1.54) is 20.9 Å². The van der Waals surface area contributed by atoms with Gasteiger partial charge in [-0.3, -0.25) is 4.99 Å². The van der Waals surface area contributed by atoms with Gasteiger partial charge in [0.05, 0.1) is 11.3 Å². The molecular weight excluding hydrogens is 258 g/mol. The first-order chi connectivity index (χ1) is 8.49. The molecule has 1 heterocycles. The molecule has 1 aromatic carbocycles. The zero-order valence-electron chi connectivity index (χ0n) is 11.6. The first-order valence-electron chi connectivity index (χ1n) is 5.99. The van der Waals surface area contributed by atoms with Crippen molar-refractivity contribution in [3.05, 3.63) is 45.2 Å². The van der Waals surface area contributed by atoms with E-state index in [-0.39, 0.29) is 5.54 Å². The van der Waals surface area contributed by atoms with Gasteiger partial charge in [0.15, 0.2) is 0 Å². The van der Waals surface area contributed by atoms with Crippen LogP contribution >= 0.6 is 23.5 Å². The number of rotatable bonds is 3. The van der Waals surface area contributed by atoms with Gasteiger partial charge in [-0.1, -0.05) is 29.8 Å². The zero-order chi connectivity index (χ0) is 13.3. The molecule has 0 fully saturated rings. The summed E-state index contributed by atoms with van der Waals surface area (Å²) in [6, 6.07) is 8.65. The Labute approximate surface area is 118 Å². The van der Waals surface area contributed by atoms with E-state index in [0.717, 1.165) is 5.71 Å². The molecule has 0 unspecified atom stereocenters. The number of hydrogen-bond donors (Lipinski definition) is 0. The van der Waals surface area contributed by atoms with Crippen molar-refractivity contribution < 1.29 is 0 Å². The number of aliphatic imine (C=N–C) groups is 1. The van der Waals surface area contributed by atoms with Crippen molar-refractivity contribution in [1.29, 1.82) is 0 Å². The van der Waals surface area contributed by atoms with Gasteiger partial charge >= 0.3 is 0 Å². The summed E-state index contributed by atoms with van der Waals surface area (Å²) in [6.45, 7) is 6.50. The standard InChI is InChI=1S/C15H19NS2/c1-10-6-8-11(9-7-10)12-13(17-4)14(18-5)15(2,3)16-12/h6-9H,1-5H3. The smallest absolute Gasteiger partial charge is 0.0878 e. The molecule has 0 radical (unpaired) electrons. The van der Waals surface area contributed by atoms with Crippen LogP contribution in [0.25, 0.3) is 0 Å². The van der Waals surface area contributed by atoms with Crippen molar-refractivity contribution in [2.45, 2.75) is 26.3 Å². The molecular formula is C15H19NS2. The molecule has 0 aromatic heterocycles. The molecule has 0 aliphatic carbocycles. The van der Waals surface area contributed by atoms with Crippen molar-refractivity contribution in [2.24, 2.45) is 4.99 Å². The van der Waals surface area contributed by atoms with Crippen molar-refractivity contribution in [2.75, 3.05) is 12.5 Å². The average Bonchev–Trinajstić information content (AvgIpc) is 2.60. The highest BCUT2D eigenvalue weighted by Crippen LogP contribution is 2.43. The van der Waals surface area contributed by atoms with E-state index in [0.29, 0.717) is 0 Å². The van der Waals surface area contributed by atoms with Crippen LogP contribution < -0.4 is 0 Å². The van der Waals surface area contributed by atoms with Gasteiger partial charge < -0.3 is 0 Å². The van der Waals surface area contributed by atoms with E-state index in [1.807, 2.05) is 11.8 Å². The molecule has 96 valence electrons. The lowest BCUT2D eigenvalue weighted by molar-refractivity contribution is 0.659. The second kappa shape index (κ2) is 5.14. The van der Waals surface area contributed by atoms with Gasteiger partial charge in [0.2, 0.25) is 0 Å². The Balaban J connectivity index is 2.51. The normalized spacial score (nSPS) is 18.2. The van der Waals surface area contributed by atoms with Crippen molar-refractivity contribution in [3.63, 3.8) is 0 Å². The van der Waals surface area contributed by atoms with Gasteiger partial charge in [0.1, 0.15) is 0 Å². The first-order valence-corrected chi connectivity index (χ1v) is 8.44. The molecule has 0 atom stereocenters. The summed E-state index contributed by atoms with van der Waals surface area (Å²) in [7, 11) is 0. The number of aryl methyl sites for hydroxylation is 1. The molecule has 3 heteroatoms. The van der Waals surface area contributed by atoms with E-state index in [2.05, 4.69) is 57.5 Å². The second-order valence-corrected chi connectivity index (χ2v) is 6.58. The molecule has 0 saturated heterocycles. The van der Waals surface area contributed by atoms with E-state index in [9.17, 15) is 0 Å². The minimum absolute atomic E-state index is 0.0853. The maximum absolute atomic E-state index is 4.93. The quantitative estimate of drug-likeness (QED) is 0.805. The molecule has 0 bridgehead atoms. The SMILES string of the molecule is CSC1=C(SC)C(C)(C)N=C1c1ccc(C)cc1. The number of benzene rings is 1. The van der Waals surface area contributed by atoms with Crippen LogP contribution in [0.5, 0.6) is 0 Å². The molecule has 1 aromatic rings. The highest BCUT2D eigenvalue weighted by molar-refractivity contribution is 8.06. The average molecular weight is 277 g/mol. The minimum Gasteiger partial charge on any atom is -0.272 e. The van der Waals surface area contributed by atoms with Crippen molar-refractivity contribution in [3.8, 4) is 0 Å². The van der Waals surface area contributed by atoms with Gasteiger partial charge in [0.25, 0.3) is 0 Å². The third kappa shape index (κ3) is 2.39. The molecule has 0 amide bonds. The van der Waals surface area contributed by atoms with E-state index in [4.69, 9.17) is 4.99 Å². The Morgan fingerprint density at radius 3 is 2.11 bits per heavy atom. The summed E-state index contributed by atoms with van der Waals surface area (Å²) in [4.78, 5) is 7.64. The zero-order valence-corrected chi connectivity index (χ0v) is 13.2. The highest BCUT2D eigenvalue weighted by Gasteiger charge is 2.34. The summed E-state index contributed by atoms with van der Waals surface area (Å²) in [6.07, 6.45) is 4.28. The van der Waals surface area contributed by atoms with Gasteiger partial charge in [-0.15, -0.1) is 23.5 Å². The van der Waals surface area contributed by atoms with Gasteiger partial charge in [0, 0.05) is 15.4 Å². The summed E-state index contributed by atoms with van der Waals surface area (Å²) in [5, 5.41) is 0. The maximum Gasteiger partial charge on any atom is 0.0878 e. The molecule has 0 N–H and O–H groups in total. The van der Waals surface area contributed by atoms with Crippen molar-refractivity contribution in [1.82, 2.24) is 0 Å². The molecule has 1 aliphatic heterocycles. The molecule has 1 nitrogen and oxygen atoms in total. The lowest BCUT2D eigenvalue weighted by Gasteiger charge is -2.17.